The molecule has 0 atom stereocenters. The lowest BCUT2D eigenvalue weighted by Crippen LogP contribution is -2.34. The molecule has 1 rings (SSSR count). The largest absolute Gasteiger partial charge is 0.262 e. The maximum atomic E-state index is 12.4. The van der Waals surface area contributed by atoms with Crippen LogP contribution >= 0.6 is 15.9 Å². The van der Waals surface area contributed by atoms with E-state index in [-0.39, 0.29) is 0 Å². The third kappa shape index (κ3) is 1.65. The van der Waals surface area contributed by atoms with E-state index in [4.69, 9.17) is 0 Å². The summed E-state index contributed by atoms with van der Waals surface area (Å²) in [5, 5.41) is 3.80. The van der Waals surface area contributed by atoms with Crippen LogP contribution in [0.1, 0.15) is 13.8 Å². The number of hydrogen-bond donors (Lipinski definition) is 0. The van der Waals surface area contributed by atoms with Crippen molar-refractivity contribution in [1.29, 1.82) is 0 Å². The van der Waals surface area contributed by atoms with Gasteiger partial charge < -0.3 is 0 Å². The molecule has 0 spiro atoms. The fourth-order valence-corrected chi connectivity index (χ4v) is 1.00. The molecular formula is C7H9BrF2N2. The second kappa shape index (κ2) is 3.12. The summed E-state index contributed by atoms with van der Waals surface area (Å²) in [6, 6.07) is 0. The van der Waals surface area contributed by atoms with E-state index >= 15 is 0 Å². The Morgan fingerprint density at radius 3 is 2.50 bits per heavy atom. The molecular weight excluding hydrogens is 230 g/mol. The minimum absolute atomic E-state index is 0.705. The third-order valence-corrected chi connectivity index (χ3v) is 2.09. The highest BCUT2D eigenvalue weighted by atomic mass is 79.9. The number of aromatic nitrogens is 2. The average molecular weight is 239 g/mol. The Morgan fingerprint density at radius 2 is 2.17 bits per heavy atom. The first kappa shape index (κ1) is 9.64. The van der Waals surface area contributed by atoms with Gasteiger partial charge in [-0.25, -0.2) is 8.78 Å². The van der Waals surface area contributed by atoms with Gasteiger partial charge in [0.05, 0.1) is 10.7 Å². The van der Waals surface area contributed by atoms with Gasteiger partial charge in [-0.05, 0) is 29.8 Å². The van der Waals surface area contributed by atoms with E-state index in [0.717, 1.165) is 0 Å². The molecule has 1 aromatic rings. The number of nitrogens with zero attached hydrogens (tertiary/aromatic N) is 2. The molecule has 0 unspecified atom stereocenters. The van der Waals surface area contributed by atoms with E-state index in [1.807, 2.05) is 0 Å². The molecule has 1 aromatic heterocycles. The summed E-state index contributed by atoms with van der Waals surface area (Å²) >= 11 is 3.15. The van der Waals surface area contributed by atoms with Crippen LogP contribution in [0.2, 0.25) is 0 Å². The molecule has 68 valence electrons. The van der Waals surface area contributed by atoms with E-state index in [2.05, 4.69) is 21.0 Å². The molecule has 12 heavy (non-hydrogen) atoms. The van der Waals surface area contributed by atoms with Crippen LogP contribution in [0, 0.1) is 0 Å². The molecule has 0 N–H and O–H groups in total. The van der Waals surface area contributed by atoms with Crippen LogP contribution in [0.25, 0.3) is 0 Å². The molecule has 0 saturated carbocycles. The van der Waals surface area contributed by atoms with Gasteiger partial charge in [0.25, 0.3) is 6.43 Å². The van der Waals surface area contributed by atoms with E-state index in [0.29, 0.717) is 4.47 Å². The fraction of sp³-hybridized carbons (Fsp3) is 0.571. The summed E-state index contributed by atoms with van der Waals surface area (Å²) in [5.41, 5.74) is -1.24. The Balaban J connectivity index is 2.97. The van der Waals surface area contributed by atoms with Crippen molar-refractivity contribution in [2.24, 2.45) is 0 Å². The van der Waals surface area contributed by atoms with E-state index in [1.165, 1.54) is 30.9 Å². The van der Waals surface area contributed by atoms with Gasteiger partial charge in [-0.2, -0.15) is 5.10 Å². The van der Waals surface area contributed by atoms with Gasteiger partial charge in [-0.15, -0.1) is 0 Å². The van der Waals surface area contributed by atoms with Crippen molar-refractivity contribution in [3.63, 3.8) is 0 Å². The summed E-state index contributed by atoms with van der Waals surface area (Å²) in [6.07, 6.45) is 0.598. The molecule has 0 radical (unpaired) electrons. The summed E-state index contributed by atoms with van der Waals surface area (Å²) in [5.74, 6) is 0. The number of halogens is 3. The predicted octanol–water partition coefficient (Wildman–Crippen LogP) is 2.65. The fourth-order valence-electron chi connectivity index (χ4n) is 0.716. The van der Waals surface area contributed by atoms with Crippen molar-refractivity contribution in [3.05, 3.63) is 16.9 Å². The van der Waals surface area contributed by atoms with Crippen LogP contribution in [-0.2, 0) is 5.54 Å². The van der Waals surface area contributed by atoms with Gasteiger partial charge in [0.15, 0.2) is 0 Å². The van der Waals surface area contributed by atoms with Crippen LogP contribution in [0.3, 0.4) is 0 Å². The summed E-state index contributed by atoms with van der Waals surface area (Å²) in [6.45, 7) is 2.88. The van der Waals surface area contributed by atoms with Crippen molar-refractivity contribution in [3.8, 4) is 0 Å². The Kier molecular flexibility index (Phi) is 2.51. The Bertz CT molecular complexity index is 270. The summed E-state index contributed by atoms with van der Waals surface area (Å²) < 4.78 is 26.8. The van der Waals surface area contributed by atoms with Crippen molar-refractivity contribution in [2.75, 3.05) is 0 Å². The summed E-state index contributed by atoms with van der Waals surface area (Å²) in [7, 11) is 0. The second-order valence-corrected chi connectivity index (χ2v) is 3.97. The SMILES string of the molecule is CC(C)(C(F)F)n1cc(Br)cn1. The van der Waals surface area contributed by atoms with E-state index < -0.39 is 12.0 Å². The average Bonchev–Trinajstić information content (AvgIpc) is 2.35. The first-order valence-electron chi connectivity index (χ1n) is 3.43. The van der Waals surface area contributed by atoms with Crippen molar-refractivity contribution in [2.45, 2.75) is 25.8 Å². The molecule has 0 aliphatic heterocycles. The van der Waals surface area contributed by atoms with Crippen molar-refractivity contribution >= 4 is 15.9 Å². The van der Waals surface area contributed by atoms with E-state index in [9.17, 15) is 8.78 Å². The Hall–Kier alpha value is -0.450. The Labute approximate surface area is 77.7 Å². The summed E-state index contributed by atoms with van der Waals surface area (Å²) in [4.78, 5) is 0. The standard InChI is InChI=1S/C7H9BrF2N2/c1-7(2,6(9)10)12-4-5(8)3-11-12/h3-4,6H,1-2H3. The van der Waals surface area contributed by atoms with Gasteiger partial charge in [0, 0.05) is 6.20 Å². The molecule has 0 bridgehead atoms. The monoisotopic (exact) mass is 238 g/mol. The highest BCUT2D eigenvalue weighted by molar-refractivity contribution is 9.10. The molecule has 0 aliphatic carbocycles. The maximum absolute atomic E-state index is 12.4. The number of alkyl halides is 2. The molecule has 0 amide bonds. The molecule has 0 aromatic carbocycles. The van der Waals surface area contributed by atoms with Crippen LogP contribution in [-0.4, -0.2) is 16.2 Å². The molecule has 0 saturated heterocycles. The minimum Gasteiger partial charge on any atom is -0.260 e. The lowest BCUT2D eigenvalue weighted by Gasteiger charge is -2.23. The van der Waals surface area contributed by atoms with E-state index in [1.54, 1.807) is 0 Å². The zero-order chi connectivity index (χ0) is 9.35. The van der Waals surface area contributed by atoms with Crippen LogP contribution in [0.15, 0.2) is 16.9 Å². The van der Waals surface area contributed by atoms with Crippen molar-refractivity contribution in [1.82, 2.24) is 9.78 Å². The predicted molar refractivity (Wildman–Crippen MR) is 45.3 cm³/mol. The smallest absolute Gasteiger partial charge is 0.260 e. The molecule has 0 fully saturated rings. The zero-order valence-electron chi connectivity index (χ0n) is 6.76. The third-order valence-electron chi connectivity index (χ3n) is 1.68. The van der Waals surface area contributed by atoms with Crippen molar-refractivity contribution < 1.29 is 8.78 Å². The molecule has 1 heterocycles. The second-order valence-electron chi connectivity index (χ2n) is 3.06. The van der Waals surface area contributed by atoms with Crippen LogP contribution in [0.4, 0.5) is 8.78 Å². The van der Waals surface area contributed by atoms with Crippen LogP contribution < -0.4 is 0 Å². The van der Waals surface area contributed by atoms with Gasteiger partial charge >= 0.3 is 0 Å². The topological polar surface area (TPSA) is 17.8 Å². The zero-order valence-corrected chi connectivity index (χ0v) is 8.35. The number of hydrogen-bond acceptors (Lipinski definition) is 1. The van der Waals surface area contributed by atoms with Gasteiger partial charge in [0.1, 0.15) is 5.54 Å². The van der Waals surface area contributed by atoms with Gasteiger partial charge in [-0.3, -0.25) is 4.68 Å². The lowest BCUT2D eigenvalue weighted by molar-refractivity contribution is 0.0202. The van der Waals surface area contributed by atoms with Gasteiger partial charge in [0.2, 0.25) is 0 Å². The minimum atomic E-state index is -2.43. The first-order valence-corrected chi connectivity index (χ1v) is 4.22. The molecule has 2 nitrogen and oxygen atoms in total. The highest BCUT2D eigenvalue weighted by Crippen LogP contribution is 2.24. The lowest BCUT2D eigenvalue weighted by atomic mass is 10.1. The van der Waals surface area contributed by atoms with Crippen LogP contribution in [0.5, 0.6) is 0 Å². The van der Waals surface area contributed by atoms with Gasteiger partial charge in [-0.1, -0.05) is 0 Å². The Morgan fingerprint density at radius 1 is 1.58 bits per heavy atom. The quantitative estimate of drug-likeness (QED) is 0.775. The number of rotatable bonds is 2. The highest BCUT2D eigenvalue weighted by Gasteiger charge is 2.32. The first-order chi connectivity index (χ1) is 5.44. The normalized spacial score (nSPS) is 12.5. The maximum Gasteiger partial charge on any atom is 0.262 e. The molecule has 5 heteroatoms. The molecule has 0 aliphatic rings.